The van der Waals surface area contributed by atoms with Crippen LogP contribution in [0.3, 0.4) is 0 Å². The van der Waals surface area contributed by atoms with Crippen molar-refractivity contribution in [3.8, 4) is 0 Å². The van der Waals surface area contributed by atoms with Crippen LogP contribution in [0.15, 0.2) is 12.1 Å². The molecule has 0 aliphatic heterocycles. The smallest absolute Gasteiger partial charge is 0.326 e. The van der Waals surface area contributed by atoms with Gasteiger partial charge in [-0.25, -0.2) is 4.79 Å². The maximum atomic E-state index is 12.0. The van der Waals surface area contributed by atoms with Crippen LogP contribution in [0.5, 0.6) is 0 Å². The van der Waals surface area contributed by atoms with Gasteiger partial charge >= 0.3 is 5.97 Å². The van der Waals surface area contributed by atoms with Crippen LogP contribution in [-0.2, 0) is 9.59 Å². The summed E-state index contributed by atoms with van der Waals surface area (Å²) in [4.78, 5) is 37.9. The Morgan fingerprint density at radius 3 is 2.50 bits per heavy atom. The standard InChI is InChI=1S/C13H17N3O4/c1-7-3-4-9(8(2)15-7)12(18)16-10(13(19)20)5-6-11(14)17/h3-4,10H,5-6H2,1-2H3,(H2,14,17)(H,16,18)(H,19,20)/t10-/m0/s1. The van der Waals surface area contributed by atoms with Gasteiger partial charge in [-0.15, -0.1) is 0 Å². The average molecular weight is 279 g/mol. The number of amides is 2. The van der Waals surface area contributed by atoms with Gasteiger partial charge in [-0.2, -0.15) is 0 Å². The molecule has 0 fully saturated rings. The molecule has 1 aromatic heterocycles. The summed E-state index contributed by atoms with van der Waals surface area (Å²) in [5, 5.41) is 11.4. The lowest BCUT2D eigenvalue weighted by molar-refractivity contribution is -0.139. The van der Waals surface area contributed by atoms with Crippen LogP contribution < -0.4 is 11.1 Å². The van der Waals surface area contributed by atoms with Crippen molar-refractivity contribution < 1.29 is 19.5 Å². The van der Waals surface area contributed by atoms with Crippen molar-refractivity contribution in [1.82, 2.24) is 10.3 Å². The summed E-state index contributed by atoms with van der Waals surface area (Å²) in [6, 6.07) is 2.09. The van der Waals surface area contributed by atoms with Crippen LogP contribution >= 0.6 is 0 Å². The van der Waals surface area contributed by atoms with Crippen molar-refractivity contribution in [3.05, 3.63) is 29.1 Å². The molecule has 1 aromatic rings. The van der Waals surface area contributed by atoms with Gasteiger partial charge < -0.3 is 16.2 Å². The monoisotopic (exact) mass is 279 g/mol. The van der Waals surface area contributed by atoms with E-state index in [-0.39, 0.29) is 12.8 Å². The summed E-state index contributed by atoms with van der Waals surface area (Å²) >= 11 is 0. The first-order valence-corrected chi connectivity index (χ1v) is 6.07. The first-order chi connectivity index (χ1) is 9.31. The first kappa shape index (κ1) is 15.6. The molecule has 4 N–H and O–H groups in total. The van der Waals surface area contributed by atoms with Crippen LogP contribution in [-0.4, -0.2) is 33.9 Å². The lowest BCUT2D eigenvalue weighted by Crippen LogP contribution is -2.41. The second-order valence-corrected chi connectivity index (χ2v) is 4.45. The first-order valence-electron chi connectivity index (χ1n) is 6.07. The van der Waals surface area contributed by atoms with E-state index in [1.165, 1.54) is 0 Å². The molecular formula is C13H17N3O4. The summed E-state index contributed by atoms with van der Waals surface area (Å²) in [5.41, 5.74) is 6.56. The molecule has 0 unspecified atom stereocenters. The van der Waals surface area contributed by atoms with Gasteiger partial charge in [0.2, 0.25) is 5.91 Å². The van der Waals surface area contributed by atoms with Gasteiger partial charge in [0.05, 0.1) is 11.3 Å². The molecule has 0 saturated carbocycles. The van der Waals surface area contributed by atoms with Gasteiger partial charge in [-0.1, -0.05) is 0 Å². The van der Waals surface area contributed by atoms with Crippen molar-refractivity contribution in [2.75, 3.05) is 0 Å². The summed E-state index contributed by atoms with van der Waals surface area (Å²) in [5.74, 6) is -2.36. The fraction of sp³-hybridized carbons (Fsp3) is 0.385. The van der Waals surface area contributed by atoms with Gasteiger partial charge in [-0.3, -0.25) is 14.6 Å². The molecule has 1 rings (SSSR count). The number of carboxylic acids is 1. The summed E-state index contributed by atoms with van der Waals surface area (Å²) in [6.45, 7) is 3.46. The highest BCUT2D eigenvalue weighted by atomic mass is 16.4. The van der Waals surface area contributed by atoms with Gasteiger partial charge in [0, 0.05) is 12.1 Å². The van der Waals surface area contributed by atoms with Crippen LogP contribution in [0.1, 0.15) is 34.6 Å². The van der Waals surface area contributed by atoms with E-state index in [9.17, 15) is 14.4 Å². The molecule has 7 heteroatoms. The SMILES string of the molecule is Cc1ccc(C(=O)N[C@@H](CCC(N)=O)C(=O)O)c(C)n1. The zero-order valence-electron chi connectivity index (χ0n) is 11.3. The van der Waals surface area contributed by atoms with Gasteiger partial charge in [-0.05, 0) is 32.4 Å². The molecular weight excluding hydrogens is 262 g/mol. The van der Waals surface area contributed by atoms with Crippen molar-refractivity contribution in [2.24, 2.45) is 5.73 Å². The molecule has 20 heavy (non-hydrogen) atoms. The molecule has 0 aliphatic carbocycles. The third-order valence-electron chi connectivity index (χ3n) is 2.75. The molecule has 2 amide bonds. The Bertz CT molecular complexity index is 542. The second-order valence-electron chi connectivity index (χ2n) is 4.45. The number of primary amides is 1. The normalized spacial score (nSPS) is 11.7. The molecule has 0 spiro atoms. The minimum atomic E-state index is -1.21. The van der Waals surface area contributed by atoms with Gasteiger partial charge in [0.25, 0.3) is 5.91 Å². The third-order valence-corrected chi connectivity index (χ3v) is 2.75. The zero-order valence-corrected chi connectivity index (χ0v) is 11.3. The number of nitrogens with one attached hydrogen (secondary N) is 1. The largest absolute Gasteiger partial charge is 0.480 e. The number of aryl methyl sites for hydroxylation is 2. The maximum absolute atomic E-state index is 12.0. The molecule has 0 radical (unpaired) electrons. The summed E-state index contributed by atoms with van der Waals surface area (Å²) < 4.78 is 0. The van der Waals surface area contributed by atoms with E-state index in [0.717, 1.165) is 5.69 Å². The minimum Gasteiger partial charge on any atom is -0.480 e. The zero-order chi connectivity index (χ0) is 15.3. The lowest BCUT2D eigenvalue weighted by atomic mass is 10.1. The Hall–Kier alpha value is -2.44. The molecule has 7 nitrogen and oxygen atoms in total. The van der Waals surface area contributed by atoms with Crippen LogP contribution in [0.2, 0.25) is 0 Å². The van der Waals surface area contributed by atoms with E-state index in [1.54, 1.807) is 26.0 Å². The molecule has 0 saturated heterocycles. The number of aromatic nitrogens is 1. The Balaban J connectivity index is 2.80. The topological polar surface area (TPSA) is 122 Å². The number of hydrogen-bond acceptors (Lipinski definition) is 4. The van der Waals surface area contributed by atoms with Gasteiger partial charge in [0.1, 0.15) is 6.04 Å². The number of pyridine rings is 1. The number of nitrogens with zero attached hydrogens (tertiary/aromatic N) is 1. The van der Waals surface area contributed by atoms with Crippen molar-refractivity contribution in [3.63, 3.8) is 0 Å². The number of carboxylic acid groups (broad SMARTS) is 1. The molecule has 1 heterocycles. The quantitative estimate of drug-likeness (QED) is 0.684. The second kappa shape index (κ2) is 6.65. The highest BCUT2D eigenvalue weighted by Crippen LogP contribution is 2.08. The van der Waals surface area contributed by atoms with Crippen LogP contribution in [0.4, 0.5) is 0 Å². The third kappa shape index (κ3) is 4.34. The fourth-order valence-corrected chi connectivity index (χ4v) is 1.71. The van der Waals surface area contributed by atoms with Gasteiger partial charge in [0.15, 0.2) is 0 Å². The van der Waals surface area contributed by atoms with Crippen LogP contribution in [0.25, 0.3) is 0 Å². The fourth-order valence-electron chi connectivity index (χ4n) is 1.71. The minimum absolute atomic E-state index is 0.0469. The van der Waals surface area contributed by atoms with E-state index < -0.39 is 23.8 Å². The molecule has 108 valence electrons. The number of nitrogens with two attached hydrogens (primary N) is 1. The summed E-state index contributed by atoms with van der Waals surface area (Å²) in [6.07, 6.45) is -0.156. The molecule has 1 atom stereocenters. The molecule has 0 aromatic carbocycles. The average Bonchev–Trinajstić information content (AvgIpc) is 2.33. The summed E-state index contributed by atoms with van der Waals surface area (Å²) in [7, 11) is 0. The Morgan fingerprint density at radius 1 is 1.35 bits per heavy atom. The number of carbonyl (C=O) groups is 3. The Labute approximate surface area is 116 Å². The molecule has 0 bridgehead atoms. The Morgan fingerprint density at radius 2 is 2.00 bits per heavy atom. The van der Waals surface area contributed by atoms with Crippen molar-refractivity contribution in [2.45, 2.75) is 32.7 Å². The van der Waals surface area contributed by atoms with E-state index in [2.05, 4.69) is 10.3 Å². The number of aliphatic carboxylic acids is 1. The number of carbonyl (C=O) groups excluding carboxylic acids is 2. The maximum Gasteiger partial charge on any atom is 0.326 e. The van der Waals surface area contributed by atoms with E-state index in [1.807, 2.05) is 0 Å². The predicted octanol–water partition coefficient (Wildman–Crippen LogP) is 0.147. The highest BCUT2D eigenvalue weighted by Gasteiger charge is 2.22. The number of rotatable bonds is 6. The number of hydrogen-bond donors (Lipinski definition) is 3. The predicted molar refractivity (Wildman–Crippen MR) is 71.0 cm³/mol. The van der Waals surface area contributed by atoms with E-state index >= 15 is 0 Å². The van der Waals surface area contributed by atoms with Crippen molar-refractivity contribution >= 4 is 17.8 Å². The Kier molecular flexibility index (Phi) is 5.19. The molecule has 0 aliphatic rings. The lowest BCUT2D eigenvalue weighted by Gasteiger charge is -2.14. The van der Waals surface area contributed by atoms with E-state index in [4.69, 9.17) is 10.8 Å². The highest BCUT2D eigenvalue weighted by molar-refractivity contribution is 5.97. The van der Waals surface area contributed by atoms with Crippen molar-refractivity contribution in [1.29, 1.82) is 0 Å². The van der Waals surface area contributed by atoms with E-state index in [0.29, 0.717) is 11.3 Å². The van der Waals surface area contributed by atoms with Crippen LogP contribution in [0, 0.1) is 13.8 Å².